The summed E-state index contributed by atoms with van der Waals surface area (Å²) in [5.74, 6) is 1.37. The first-order chi connectivity index (χ1) is 15.6. The van der Waals surface area contributed by atoms with Crippen LogP contribution in [0.3, 0.4) is 0 Å². The van der Waals surface area contributed by atoms with Crippen LogP contribution in [0.25, 0.3) is 16.5 Å². The third-order valence-corrected chi connectivity index (χ3v) is 5.49. The van der Waals surface area contributed by atoms with Gasteiger partial charge in [0.15, 0.2) is 0 Å². The van der Waals surface area contributed by atoms with Gasteiger partial charge in [0.25, 0.3) is 5.89 Å². The average molecular weight is 453 g/mol. The van der Waals surface area contributed by atoms with Crippen LogP contribution in [0, 0.1) is 6.92 Å². The maximum absolute atomic E-state index is 12.9. The first kappa shape index (κ1) is 21.9. The van der Waals surface area contributed by atoms with Gasteiger partial charge in [0.2, 0.25) is 11.8 Å². The molecular formula is C22H24N6O3S. The molecule has 0 unspecified atom stereocenters. The zero-order valence-electron chi connectivity index (χ0n) is 17.9. The number of nitrogens with zero attached hydrogens (tertiary/aromatic N) is 5. The molecule has 0 saturated heterocycles. The number of para-hydroxylation sites is 1. The third kappa shape index (κ3) is 5.47. The van der Waals surface area contributed by atoms with Gasteiger partial charge in [-0.25, -0.2) is 4.68 Å². The zero-order chi connectivity index (χ0) is 22.3. The Labute approximate surface area is 189 Å². The van der Waals surface area contributed by atoms with Gasteiger partial charge in [0, 0.05) is 19.7 Å². The Bertz CT molecular complexity index is 1140. The average Bonchev–Trinajstić information content (AvgIpc) is 3.54. The van der Waals surface area contributed by atoms with E-state index in [1.54, 1.807) is 11.8 Å². The number of nitrogens with one attached hydrogen (secondary N) is 1. The fourth-order valence-electron chi connectivity index (χ4n) is 3.18. The second-order valence-corrected chi connectivity index (χ2v) is 8.10. The molecule has 10 heteroatoms. The molecular weight excluding hydrogens is 428 g/mol. The summed E-state index contributed by atoms with van der Waals surface area (Å²) in [5, 5.41) is 17.7. The monoisotopic (exact) mass is 452 g/mol. The Morgan fingerprint density at radius 2 is 2.06 bits per heavy atom. The van der Waals surface area contributed by atoms with Crippen LogP contribution >= 0.6 is 11.3 Å². The van der Waals surface area contributed by atoms with E-state index in [1.165, 1.54) is 11.3 Å². The highest BCUT2D eigenvalue weighted by molar-refractivity contribution is 7.13. The number of methoxy groups -OCH3 is 1. The second kappa shape index (κ2) is 10.3. The molecule has 1 amide bonds. The van der Waals surface area contributed by atoms with Gasteiger partial charge >= 0.3 is 0 Å². The van der Waals surface area contributed by atoms with Crippen molar-refractivity contribution in [2.45, 2.75) is 13.5 Å². The molecule has 3 heterocycles. The van der Waals surface area contributed by atoms with E-state index in [0.717, 1.165) is 16.3 Å². The van der Waals surface area contributed by atoms with Crippen LogP contribution in [0.1, 0.15) is 11.6 Å². The molecule has 0 aliphatic carbocycles. The second-order valence-electron chi connectivity index (χ2n) is 7.15. The van der Waals surface area contributed by atoms with E-state index in [9.17, 15) is 4.79 Å². The number of ether oxygens (including phenoxy) is 1. The van der Waals surface area contributed by atoms with Crippen molar-refractivity contribution in [3.8, 4) is 16.5 Å². The van der Waals surface area contributed by atoms with Crippen molar-refractivity contribution in [1.82, 2.24) is 24.9 Å². The molecule has 0 fully saturated rings. The Hall–Kier alpha value is -3.34. The van der Waals surface area contributed by atoms with Crippen molar-refractivity contribution in [2.75, 3.05) is 32.1 Å². The number of carbonyl (C=O) groups is 1. The molecule has 32 heavy (non-hydrogen) atoms. The predicted molar refractivity (Wildman–Crippen MR) is 122 cm³/mol. The Morgan fingerprint density at radius 1 is 1.22 bits per heavy atom. The number of aryl methyl sites for hydroxylation is 1. The number of aromatic nitrogens is 4. The minimum atomic E-state index is -0.170. The molecule has 0 radical (unpaired) electrons. The normalized spacial score (nSPS) is 11.2. The summed E-state index contributed by atoms with van der Waals surface area (Å²) in [6.07, 6.45) is 0. The number of hydrogen-bond donors (Lipinski definition) is 1. The van der Waals surface area contributed by atoms with E-state index in [1.807, 2.05) is 65.7 Å². The van der Waals surface area contributed by atoms with E-state index in [0.29, 0.717) is 37.3 Å². The molecule has 0 bridgehead atoms. The highest BCUT2D eigenvalue weighted by Crippen LogP contribution is 2.23. The third-order valence-electron chi connectivity index (χ3n) is 4.64. The number of hydrogen-bond acceptors (Lipinski definition) is 8. The molecule has 0 saturated carbocycles. The Balaban J connectivity index is 1.44. The van der Waals surface area contributed by atoms with Gasteiger partial charge in [-0.15, -0.1) is 21.5 Å². The number of amides is 1. The Morgan fingerprint density at radius 3 is 2.81 bits per heavy atom. The summed E-state index contributed by atoms with van der Waals surface area (Å²) in [6, 6.07) is 15.4. The van der Waals surface area contributed by atoms with Crippen LogP contribution in [0.5, 0.6) is 0 Å². The molecule has 0 spiro atoms. The molecule has 166 valence electrons. The fourth-order valence-corrected chi connectivity index (χ4v) is 3.83. The van der Waals surface area contributed by atoms with Crippen LogP contribution in [0.15, 0.2) is 58.3 Å². The summed E-state index contributed by atoms with van der Waals surface area (Å²) < 4.78 is 12.7. The van der Waals surface area contributed by atoms with E-state index in [-0.39, 0.29) is 12.5 Å². The van der Waals surface area contributed by atoms with Crippen molar-refractivity contribution in [3.63, 3.8) is 0 Å². The summed E-state index contributed by atoms with van der Waals surface area (Å²) in [4.78, 5) is 15.7. The maximum atomic E-state index is 12.9. The van der Waals surface area contributed by atoms with Gasteiger partial charge < -0.3 is 14.5 Å². The van der Waals surface area contributed by atoms with Crippen molar-refractivity contribution in [1.29, 1.82) is 0 Å². The van der Waals surface area contributed by atoms with E-state index >= 15 is 0 Å². The van der Waals surface area contributed by atoms with Crippen molar-refractivity contribution >= 4 is 23.1 Å². The summed E-state index contributed by atoms with van der Waals surface area (Å²) in [6.45, 7) is 3.38. The lowest BCUT2D eigenvalue weighted by Crippen LogP contribution is -2.35. The highest BCUT2D eigenvalue weighted by Gasteiger charge is 2.18. The standard InChI is InChI=1S/C22H24N6O3S/c1-16-13-19(28(26-16)17-7-4-3-5-8-17)23-20(29)14-27(10-11-30-2)15-21-24-25-22(31-21)18-9-6-12-32-18/h3-9,12-13H,10-11,14-15H2,1-2H3,(H,23,29). The zero-order valence-corrected chi connectivity index (χ0v) is 18.7. The minimum absolute atomic E-state index is 0.138. The Kier molecular flexibility index (Phi) is 7.05. The molecule has 3 aromatic heterocycles. The SMILES string of the molecule is COCCN(CC(=O)Nc1cc(C)nn1-c1ccccc1)Cc1nnc(-c2cccs2)o1. The largest absolute Gasteiger partial charge is 0.419 e. The molecule has 0 atom stereocenters. The van der Waals surface area contributed by atoms with Crippen LogP contribution in [0.4, 0.5) is 5.82 Å². The van der Waals surface area contributed by atoms with Gasteiger partial charge in [-0.1, -0.05) is 24.3 Å². The minimum Gasteiger partial charge on any atom is -0.419 e. The lowest BCUT2D eigenvalue weighted by atomic mass is 10.3. The van der Waals surface area contributed by atoms with Crippen LogP contribution in [0.2, 0.25) is 0 Å². The molecule has 0 aliphatic rings. The van der Waals surface area contributed by atoms with Gasteiger partial charge in [0.1, 0.15) is 5.82 Å². The lowest BCUT2D eigenvalue weighted by molar-refractivity contribution is -0.117. The number of benzene rings is 1. The number of anilines is 1. The van der Waals surface area contributed by atoms with Crippen LogP contribution in [-0.2, 0) is 16.1 Å². The number of rotatable bonds is 10. The maximum Gasteiger partial charge on any atom is 0.257 e. The molecule has 1 N–H and O–H groups in total. The highest BCUT2D eigenvalue weighted by atomic mass is 32.1. The molecule has 4 aromatic rings. The quantitative estimate of drug-likeness (QED) is 0.394. The molecule has 4 rings (SSSR count). The van der Waals surface area contributed by atoms with Crippen LogP contribution < -0.4 is 5.32 Å². The van der Waals surface area contributed by atoms with Gasteiger partial charge in [-0.3, -0.25) is 9.69 Å². The van der Waals surface area contributed by atoms with Crippen molar-refractivity contribution < 1.29 is 13.9 Å². The van der Waals surface area contributed by atoms with E-state index < -0.39 is 0 Å². The summed E-state index contributed by atoms with van der Waals surface area (Å²) >= 11 is 1.53. The summed E-state index contributed by atoms with van der Waals surface area (Å²) in [7, 11) is 1.63. The smallest absolute Gasteiger partial charge is 0.257 e. The molecule has 1 aromatic carbocycles. The number of thiophene rings is 1. The van der Waals surface area contributed by atoms with Gasteiger partial charge in [-0.05, 0) is 30.5 Å². The van der Waals surface area contributed by atoms with Crippen molar-refractivity contribution in [3.05, 3.63) is 65.5 Å². The van der Waals surface area contributed by atoms with E-state index in [4.69, 9.17) is 9.15 Å². The van der Waals surface area contributed by atoms with Crippen molar-refractivity contribution in [2.24, 2.45) is 0 Å². The predicted octanol–water partition coefficient (Wildman–Crippen LogP) is 3.38. The fraction of sp³-hybridized carbons (Fsp3) is 0.273. The van der Waals surface area contributed by atoms with Gasteiger partial charge in [-0.2, -0.15) is 5.10 Å². The summed E-state index contributed by atoms with van der Waals surface area (Å²) in [5.41, 5.74) is 1.69. The van der Waals surface area contributed by atoms with Crippen LogP contribution in [-0.4, -0.2) is 57.6 Å². The molecule has 0 aliphatic heterocycles. The topological polar surface area (TPSA) is 98.3 Å². The first-order valence-corrected chi connectivity index (χ1v) is 11.0. The first-order valence-electron chi connectivity index (χ1n) is 10.1. The number of carbonyl (C=O) groups excluding carboxylic acids is 1. The van der Waals surface area contributed by atoms with Gasteiger partial charge in [0.05, 0.1) is 36.0 Å². The molecule has 9 nitrogen and oxygen atoms in total. The lowest BCUT2D eigenvalue weighted by Gasteiger charge is -2.19. The van der Waals surface area contributed by atoms with E-state index in [2.05, 4.69) is 20.6 Å².